The summed E-state index contributed by atoms with van der Waals surface area (Å²) in [5, 5.41) is 0.703. The molecule has 0 amide bonds. The van der Waals surface area contributed by atoms with Gasteiger partial charge < -0.3 is 0 Å². The maximum absolute atomic E-state index is 6.02. The van der Waals surface area contributed by atoms with Crippen molar-refractivity contribution in [3.05, 3.63) is 64.4 Å². The largest absolute Gasteiger partial charge is 0.271 e. The second-order valence-corrected chi connectivity index (χ2v) is 4.32. The van der Waals surface area contributed by atoms with E-state index >= 15 is 0 Å². The minimum atomic E-state index is -0.0950. The zero-order valence-electron chi connectivity index (χ0n) is 9.52. The number of aromatic nitrogens is 1. The fourth-order valence-corrected chi connectivity index (χ4v) is 2.02. The van der Waals surface area contributed by atoms with Crippen LogP contribution >= 0.6 is 11.6 Å². The van der Waals surface area contributed by atoms with Gasteiger partial charge >= 0.3 is 0 Å². The maximum Gasteiger partial charge on any atom is 0.0728 e. The third kappa shape index (κ3) is 2.64. The Bertz CT molecular complexity index is 499. The molecule has 2 rings (SSSR count). The lowest BCUT2D eigenvalue weighted by atomic mass is 9.97. The smallest absolute Gasteiger partial charge is 0.0728 e. The second-order valence-electron chi connectivity index (χ2n) is 3.89. The lowest BCUT2D eigenvalue weighted by Gasteiger charge is -2.18. The quantitative estimate of drug-likeness (QED) is 0.648. The number of benzene rings is 1. The molecule has 88 valence electrons. The molecule has 2 aromatic rings. The van der Waals surface area contributed by atoms with Gasteiger partial charge in [0, 0.05) is 17.4 Å². The van der Waals surface area contributed by atoms with E-state index in [4.69, 9.17) is 17.4 Å². The number of rotatable bonds is 3. The van der Waals surface area contributed by atoms with Gasteiger partial charge in [-0.25, -0.2) is 5.43 Å². The van der Waals surface area contributed by atoms with Crippen LogP contribution in [0, 0.1) is 6.92 Å². The molecule has 0 radical (unpaired) electrons. The monoisotopic (exact) mass is 247 g/mol. The second kappa shape index (κ2) is 5.27. The van der Waals surface area contributed by atoms with E-state index in [1.165, 1.54) is 0 Å². The number of pyridine rings is 1. The number of hydrogen-bond acceptors (Lipinski definition) is 3. The Morgan fingerprint density at radius 3 is 2.82 bits per heavy atom. The van der Waals surface area contributed by atoms with E-state index in [0.717, 1.165) is 16.7 Å². The summed E-state index contributed by atoms with van der Waals surface area (Å²) in [6, 6.07) is 9.56. The van der Waals surface area contributed by atoms with Crippen molar-refractivity contribution in [1.29, 1.82) is 0 Å². The van der Waals surface area contributed by atoms with Crippen LogP contribution in [-0.2, 0) is 0 Å². The van der Waals surface area contributed by atoms with Crippen molar-refractivity contribution in [3.63, 3.8) is 0 Å². The van der Waals surface area contributed by atoms with Gasteiger partial charge in [-0.2, -0.15) is 0 Å². The molecule has 0 spiro atoms. The first-order valence-corrected chi connectivity index (χ1v) is 5.72. The van der Waals surface area contributed by atoms with Gasteiger partial charge in [0.05, 0.1) is 6.04 Å². The highest BCUT2D eigenvalue weighted by Crippen LogP contribution is 2.26. The van der Waals surface area contributed by atoms with Crippen molar-refractivity contribution in [2.75, 3.05) is 0 Å². The van der Waals surface area contributed by atoms with Gasteiger partial charge in [-0.3, -0.25) is 10.8 Å². The fourth-order valence-electron chi connectivity index (χ4n) is 1.83. The molecule has 0 bridgehead atoms. The summed E-state index contributed by atoms with van der Waals surface area (Å²) >= 11 is 6.02. The van der Waals surface area contributed by atoms with Crippen LogP contribution in [0.1, 0.15) is 22.7 Å². The van der Waals surface area contributed by atoms with Gasteiger partial charge in [-0.1, -0.05) is 23.7 Å². The van der Waals surface area contributed by atoms with E-state index in [1.54, 1.807) is 12.4 Å². The SMILES string of the molecule is Cc1ccc(Cl)cc1C(NN)c1cccnc1. The van der Waals surface area contributed by atoms with Crippen molar-refractivity contribution >= 4 is 11.6 Å². The molecule has 1 aromatic heterocycles. The minimum Gasteiger partial charge on any atom is -0.271 e. The molecule has 3 N–H and O–H groups in total. The first kappa shape index (κ1) is 12.0. The Kier molecular flexibility index (Phi) is 3.74. The summed E-state index contributed by atoms with van der Waals surface area (Å²) in [5.41, 5.74) is 6.02. The molecule has 4 heteroatoms. The zero-order valence-corrected chi connectivity index (χ0v) is 10.3. The van der Waals surface area contributed by atoms with E-state index in [9.17, 15) is 0 Å². The zero-order chi connectivity index (χ0) is 12.3. The van der Waals surface area contributed by atoms with Crippen LogP contribution in [0.4, 0.5) is 0 Å². The average Bonchev–Trinajstić information content (AvgIpc) is 2.36. The lowest BCUT2D eigenvalue weighted by Crippen LogP contribution is -2.29. The maximum atomic E-state index is 6.02. The van der Waals surface area contributed by atoms with Crippen molar-refractivity contribution in [2.45, 2.75) is 13.0 Å². The van der Waals surface area contributed by atoms with Gasteiger partial charge in [0.2, 0.25) is 0 Å². The first-order chi connectivity index (χ1) is 8.22. The van der Waals surface area contributed by atoms with Crippen LogP contribution in [0.5, 0.6) is 0 Å². The Balaban J connectivity index is 2.46. The highest BCUT2D eigenvalue weighted by molar-refractivity contribution is 6.30. The van der Waals surface area contributed by atoms with Gasteiger partial charge in [0.15, 0.2) is 0 Å². The standard InChI is InChI=1S/C13H14ClN3/c1-9-4-5-11(14)7-12(9)13(17-15)10-3-2-6-16-8-10/h2-8,13,17H,15H2,1H3. The van der Waals surface area contributed by atoms with Crippen LogP contribution in [0.2, 0.25) is 5.02 Å². The third-order valence-electron chi connectivity index (χ3n) is 2.74. The van der Waals surface area contributed by atoms with Gasteiger partial charge in [-0.15, -0.1) is 0 Å². The highest BCUT2D eigenvalue weighted by atomic mass is 35.5. The topological polar surface area (TPSA) is 50.9 Å². The summed E-state index contributed by atoms with van der Waals surface area (Å²) in [6.45, 7) is 2.03. The average molecular weight is 248 g/mol. The molecule has 1 aromatic carbocycles. The summed E-state index contributed by atoms with van der Waals surface area (Å²) in [7, 11) is 0. The van der Waals surface area contributed by atoms with Crippen molar-refractivity contribution in [2.24, 2.45) is 5.84 Å². The van der Waals surface area contributed by atoms with Crippen molar-refractivity contribution in [3.8, 4) is 0 Å². The van der Waals surface area contributed by atoms with Crippen LogP contribution in [0.15, 0.2) is 42.7 Å². The van der Waals surface area contributed by atoms with Crippen molar-refractivity contribution < 1.29 is 0 Å². The number of hydrogen-bond donors (Lipinski definition) is 2. The molecule has 1 atom stereocenters. The predicted molar refractivity (Wildman–Crippen MR) is 69.6 cm³/mol. The summed E-state index contributed by atoms with van der Waals surface area (Å²) in [4.78, 5) is 4.10. The Labute approximate surface area is 106 Å². The lowest BCUT2D eigenvalue weighted by molar-refractivity contribution is 0.631. The molecule has 0 aliphatic rings. The van der Waals surface area contributed by atoms with E-state index in [0.29, 0.717) is 5.02 Å². The number of nitrogens with one attached hydrogen (secondary N) is 1. The van der Waals surface area contributed by atoms with E-state index in [-0.39, 0.29) is 6.04 Å². The number of nitrogens with two attached hydrogens (primary N) is 1. The summed E-state index contributed by atoms with van der Waals surface area (Å²) in [6.07, 6.45) is 3.53. The molecule has 0 aliphatic heterocycles. The molecule has 0 saturated heterocycles. The molecular formula is C13H14ClN3. The number of aryl methyl sites for hydroxylation is 1. The number of nitrogens with zero attached hydrogens (tertiary/aromatic N) is 1. The van der Waals surface area contributed by atoms with Crippen molar-refractivity contribution in [1.82, 2.24) is 10.4 Å². The predicted octanol–water partition coefficient (Wildman–Crippen LogP) is 2.60. The van der Waals surface area contributed by atoms with Crippen LogP contribution in [0.3, 0.4) is 0 Å². The molecule has 1 unspecified atom stereocenters. The molecular weight excluding hydrogens is 234 g/mol. The number of hydrazine groups is 1. The van der Waals surface area contributed by atoms with E-state index in [2.05, 4.69) is 10.4 Å². The van der Waals surface area contributed by atoms with E-state index < -0.39 is 0 Å². The molecule has 0 saturated carbocycles. The highest BCUT2D eigenvalue weighted by Gasteiger charge is 2.14. The van der Waals surface area contributed by atoms with Crippen LogP contribution in [-0.4, -0.2) is 4.98 Å². The normalized spacial score (nSPS) is 12.4. The van der Waals surface area contributed by atoms with Gasteiger partial charge in [0.25, 0.3) is 0 Å². The first-order valence-electron chi connectivity index (χ1n) is 5.34. The minimum absolute atomic E-state index is 0.0950. The fraction of sp³-hybridized carbons (Fsp3) is 0.154. The van der Waals surface area contributed by atoms with Gasteiger partial charge in [0.1, 0.15) is 0 Å². The Hall–Kier alpha value is -1.42. The van der Waals surface area contributed by atoms with Crippen LogP contribution in [0.25, 0.3) is 0 Å². The molecule has 1 heterocycles. The van der Waals surface area contributed by atoms with E-state index in [1.807, 2.05) is 37.3 Å². The Morgan fingerprint density at radius 2 is 2.18 bits per heavy atom. The molecule has 3 nitrogen and oxygen atoms in total. The molecule has 0 fully saturated rings. The third-order valence-corrected chi connectivity index (χ3v) is 2.97. The Morgan fingerprint density at radius 1 is 1.35 bits per heavy atom. The summed E-state index contributed by atoms with van der Waals surface area (Å²) < 4.78 is 0. The number of halogens is 1. The molecule has 17 heavy (non-hydrogen) atoms. The molecule has 0 aliphatic carbocycles. The summed E-state index contributed by atoms with van der Waals surface area (Å²) in [5.74, 6) is 5.63. The van der Waals surface area contributed by atoms with Gasteiger partial charge in [-0.05, 0) is 41.8 Å². The van der Waals surface area contributed by atoms with Crippen LogP contribution < -0.4 is 11.3 Å².